The van der Waals surface area contributed by atoms with Crippen LogP contribution in [-0.4, -0.2) is 17.5 Å². The molecule has 0 saturated carbocycles. The van der Waals surface area contributed by atoms with Gasteiger partial charge >= 0.3 is 0 Å². The van der Waals surface area contributed by atoms with E-state index in [-0.39, 0.29) is 12.3 Å². The molecule has 0 bridgehead atoms. The molecule has 2 rings (SSSR count). The number of carbonyl (C=O) groups excluding carboxylic acids is 1. The quantitative estimate of drug-likeness (QED) is 0.818. The lowest BCUT2D eigenvalue weighted by Gasteiger charge is -2.03. The number of fused-ring (bicyclic) bond motifs is 1. The molecule has 0 fully saturated rings. The number of rotatable bonds is 4. The van der Waals surface area contributed by atoms with E-state index in [0.717, 1.165) is 22.2 Å². The molecular weight excluding hydrogens is 204 g/mol. The topological polar surface area (TPSA) is 68.1 Å². The van der Waals surface area contributed by atoms with E-state index >= 15 is 0 Å². The lowest BCUT2D eigenvalue weighted by molar-refractivity contribution is -0.117. The summed E-state index contributed by atoms with van der Waals surface area (Å²) >= 11 is 0. The molecule has 0 spiro atoms. The summed E-state index contributed by atoms with van der Waals surface area (Å²) < 4.78 is 5.41. The number of primary amides is 1. The standard InChI is InChI=1S/C12H14N2O2/c1-2-16-9-3-4-11-10(6-9)8(7-14-11)5-12(13)15/h3-4,6-7,14H,2,5H2,1H3,(H2,13,15). The van der Waals surface area contributed by atoms with Crippen LogP contribution in [0.25, 0.3) is 10.9 Å². The van der Waals surface area contributed by atoms with Crippen molar-refractivity contribution in [1.29, 1.82) is 0 Å². The van der Waals surface area contributed by atoms with Crippen molar-refractivity contribution in [3.05, 3.63) is 30.0 Å². The Morgan fingerprint density at radius 1 is 1.50 bits per heavy atom. The second-order valence-corrected chi connectivity index (χ2v) is 3.60. The van der Waals surface area contributed by atoms with Gasteiger partial charge in [0.25, 0.3) is 0 Å². The smallest absolute Gasteiger partial charge is 0.221 e. The molecule has 2 aromatic rings. The van der Waals surface area contributed by atoms with Crippen molar-refractivity contribution in [2.75, 3.05) is 6.61 Å². The van der Waals surface area contributed by atoms with Crippen LogP contribution in [0.5, 0.6) is 5.75 Å². The van der Waals surface area contributed by atoms with E-state index in [0.29, 0.717) is 6.61 Å². The molecule has 1 aromatic carbocycles. The van der Waals surface area contributed by atoms with Gasteiger partial charge < -0.3 is 15.5 Å². The largest absolute Gasteiger partial charge is 0.494 e. The summed E-state index contributed by atoms with van der Waals surface area (Å²) in [5, 5.41) is 0.991. The number of aromatic amines is 1. The molecule has 0 atom stereocenters. The van der Waals surface area contributed by atoms with Crippen molar-refractivity contribution in [3.63, 3.8) is 0 Å². The highest BCUT2D eigenvalue weighted by molar-refractivity contribution is 5.89. The fraction of sp³-hybridized carbons (Fsp3) is 0.250. The zero-order valence-electron chi connectivity index (χ0n) is 9.12. The maximum Gasteiger partial charge on any atom is 0.221 e. The molecular formula is C12H14N2O2. The Labute approximate surface area is 93.4 Å². The number of nitrogens with one attached hydrogen (secondary N) is 1. The van der Waals surface area contributed by atoms with E-state index in [2.05, 4.69) is 4.98 Å². The number of ether oxygens (including phenoxy) is 1. The predicted molar refractivity (Wildman–Crippen MR) is 62.4 cm³/mol. The Balaban J connectivity index is 2.42. The summed E-state index contributed by atoms with van der Waals surface area (Å²) in [6.45, 7) is 2.56. The number of amides is 1. The Hall–Kier alpha value is -1.97. The highest BCUT2D eigenvalue weighted by atomic mass is 16.5. The number of nitrogens with two attached hydrogens (primary N) is 1. The van der Waals surface area contributed by atoms with E-state index in [9.17, 15) is 4.79 Å². The Kier molecular flexibility index (Phi) is 2.81. The fourth-order valence-electron chi connectivity index (χ4n) is 1.75. The monoisotopic (exact) mass is 218 g/mol. The number of benzene rings is 1. The Morgan fingerprint density at radius 3 is 3.00 bits per heavy atom. The minimum Gasteiger partial charge on any atom is -0.494 e. The van der Waals surface area contributed by atoms with E-state index in [1.54, 1.807) is 0 Å². The minimum absolute atomic E-state index is 0.246. The number of hydrogen-bond acceptors (Lipinski definition) is 2. The fourth-order valence-corrected chi connectivity index (χ4v) is 1.75. The van der Waals surface area contributed by atoms with Crippen molar-refractivity contribution in [1.82, 2.24) is 4.98 Å². The first kappa shape index (κ1) is 10.5. The Morgan fingerprint density at radius 2 is 2.31 bits per heavy atom. The van der Waals surface area contributed by atoms with Gasteiger partial charge in [-0.25, -0.2) is 0 Å². The van der Waals surface area contributed by atoms with Gasteiger partial charge in [0, 0.05) is 17.1 Å². The molecule has 1 amide bonds. The minimum atomic E-state index is -0.331. The van der Waals surface area contributed by atoms with E-state index < -0.39 is 0 Å². The third kappa shape index (κ3) is 2.00. The molecule has 1 heterocycles. The van der Waals surface area contributed by atoms with Gasteiger partial charge in [-0.1, -0.05) is 0 Å². The van der Waals surface area contributed by atoms with Crippen LogP contribution in [0, 0.1) is 0 Å². The summed E-state index contributed by atoms with van der Waals surface area (Å²) in [7, 11) is 0. The van der Waals surface area contributed by atoms with Crippen LogP contribution in [0.4, 0.5) is 0 Å². The zero-order chi connectivity index (χ0) is 11.5. The molecule has 0 aliphatic carbocycles. The molecule has 0 radical (unpaired) electrons. The summed E-state index contributed by atoms with van der Waals surface area (Å²) in [5.41, 5.74) is 7.08. The summed E-state index contributed by atoms with van der Waals surface area (Å²) in [6, 6.07) is 5.76. The molecule has 0 aliphatic heterocycles. The molecule has 4 nitrogen and oxygen atoms in total. The third-order valence-electron chi connectivity index (χ3n) is 2.41. The van der Waals surface area contributed by atoms with Gasteiger partial charge in [-0.05, 0) is 30.7 Å². The normalized spacial score (nSPS) is 10.6. The summed E-state index contributed by atoms with van der Waals surface area (Å²) in [4.78, 5) is 14.0. The zero-order valence-corrected chi connectivity index (χ0v) is 9.12. The van der Waals surface area contributed by atoms with Crippen molar-refractivity contribution in [2.24, 2.45) is 5.73 Å². The van der Waals surface area contributed by atoms with Crippen LogP contribution < -0.4 is 10.5 Å². The lowest BCUT2D eigenvalue weighted by Crippen LogP contribution is -2.13. The lowest BCUT2D eigenvalue weighted by atomic mass is 10.1. The van der Waals surface area contributed by atoms with Gasteiger partial charge in [0.05, 0.1) is 13.0 Å². The molecule has 0 aliphatic rings. The van der Waals surface area contributed by atoms with Gasteiger partial charge in [0.2, 0.25) is 5.91 Å². The average Bonchev–Trinajstić information content (AvgIpc) is 2.61. The third-order valence-corrected chi connectivity index (χ3v) is 2.41. The molecule has 3 N–H and O–H groups in total. The maximum absolute atomic E-state index is 10.9. The highest BCUT2D eigenvalue weighted by Crippen LogP contribution is 2.23. The number of hydrogen-bond donors (Lipinski definition) is 2. The van der Waals surface area contributed by atoms with Gasteiger partial charge in [-0.3, -0.25) is 4.79 Å². The summed E-state index contributed by atoms with van der Waals surface area (Å²) in [6.07, 6.45) is 2.06. The number of aromatic nitrogens is 1. The predicted octanol–water partition coefficient (Wildman–Crippen LogP) is 1.59. The molecule has 84 valence electrons. The maximum atomic E-state index is 10.9. The van der Waals surface area contributed by atoms with E-state index in [1.807, 2.05) is 31.3 Å². The highest BCUT2D eigenvalue weighted by Gasteiger charge is 2.07. The van der Waals surface area contributed by atoms with Gasteiger partial charge in [-0.2, -0.15) is 0 Å². The second kappa shape index (κ2) is 4.26. The first-order valence-electron chi connectivity index (χ1n) is 5.22. The van der Waals surface area contributed by atoms with Gasteiger partial charge in [-0.15, -0.1) is 0 Å². The van der Waals surface area contributed by atoms with Crippen LogP contribution in [0.2, 0.25) is 0 Å². The molecule has 4 heteroatoms. The summed E-state index contributed by atoms with van der Waals surface area (Å²) in [5.74, 6) is 0.475. The molecule has 16 heavy (non-hydrogen) atoms. The second-order valence-electron chi connectivity index (χ2n) is 3.60. The average molecular weight is 218 g/mol. The van der Waals surface area contributed by atoms with Gasteiger partial charge in [0.15, 0.2) is 0 Å². The van der Waals surface area contributed by atoms with Crippen LogP contribution in [0.1, 0.15) is 12.5 Å². The van der Waals surface area contributed by atoms with Crippen LogP contribution in [0.15, 0.2) is 24.4 Å². The van der Waals surface area contributed by atoms with E-state index in [4.69, 9.17) is 10.5 Å². The van der Waals surface area contributed by atoms with Crippen molar-refractivity contribution in [3.8, 4) is 5.75 Å². The van der Waals surface area contributed by atoms with E-state index in [1.165, 1.54) is 0 Å². The number of carbonyl (C=O) groups is 1. The van der Waals surface area contributed by atoms with Gasteiger partial charge in [0.1, 0.15) is 5.75 Å². The van der Waals surface area contributed by atoms with Crippen molar-refractivity contribution >= 4 is 16.8 Å². The van der Waals surface area contributed by atoms with Crippen LogP contribution in [-0.2, 0) is 11.2 Å². The Bertz CT molecular complexity index is 517. The first-order chi connectivity index (χ1) is 7.70. The first-order valence-corrected chi connectivity index (χ1v) is 5.22. The molecule has 0 saturated heterocycles. The molecule has 1 aromatic heterocycles. The SMILES string of the molecule is CCOc1ccc2[nH]cc(CC(N)=O)c2c1. The van der Waals surface area contributed by atoms with Crippen LogP contribution in [0.3, 0.4) is 0 Å². The van der Waals surface area contributed by atoms with Crippen molar-refractivity contribution in [2.45, 2.75) is 13.3 Å². The molecule has 0 unspecified atom stereocenters. The van der Waals surface area contributed by atoms with Crippen LogP contribution >= 0.6 is 0 Å². The van der Waals surface area contributed by atoms with Crippen molar-refractivity contribution < 1.29 is 9.53 Å². The number of H-pyrrole nitrogens is 1.